The van der Waals surface area contributed by atoms with Crippen molar-refractivity contribution in [2.75, 3.05) is 0 Å². The highest BCUT2D eigenvalue weighted by atomic mass is 19.1. The van der Waals surface area contributed by atoms with Crippen molar-refractivity contribution in [1.82, 2.24) is 24.7 Å². The van der Waals surface area contributed by atoms with Crippen LogP contribution in [0, 0.1) is 5.82 Å². The summed E-state index contributed by atoms with van der Waals surface area (Å²) in [6.07, 6.45) is 2.65. The molecule has 0 saturated heterocycles. The van der Waals surface area contributed by atoms with Gasteiger partial charge in [0.15, 0.2) is 12.3 Å². The number of aryl methyl sites for hydroxylation is 1. The summed E-state index contributed by atoms with van der Waals surface area (Å²) >= 11 is 0. The largest absolute Gasteiger partial charge is 0.484 e. The molecule has 0 aliphatic rings. The van der Waals surface area contributed by atoms with Crippen LogP contribution in [0.5, 0.6) is 5.75 Å². The Hall–Kier alpha value is -3.29. The SMILES string of the molecule is CCc1nnc2ccc(-c3noc(COc4ccc(F)cc4)n3)cn12. The van der Waals surface area contributed by atoms with Crippen molar-refractivity contribution in [3.63, 3.8) is 0 Å². The summed E-state index contributed by atoms with van der Waals surface area (Å²) < 4.78 is 25.5. The molecule has 4 aromatic rings. The minimum absolute atomic E-state index is 0.105. The Kier molecular flexibility index (Phi) is 3.85. The van der Waals surface area contributed by atoms with Crippen molar-refractivity contribution in [2.45, 2.75) is 20.0 Å². The lowest BCUT2D eigenvalue weighted by molar-refractivity contribution is 0.242. The van der Waals surface area contributed by atoms with Crippen molar-refractivity contribution < 1.29 is 13.7 Å². The van der Waals surface area contributed by atoms with Gasteiger partial charge in [0.2, 0.25) is 5.82 Å². The van der Waals surface area contributed by atoms with Gasteiger partial charge in [0.25, 0.3) is 5.89 Å². The number of pyridine rings is 1. The van der Waals surface area contributed by atoms with Crippen molar-refractivity contribution >= 4 is 5.65 Å². The van der Waals surface area contributed by atoms with E-state index in [1.165, 1.54) is 12.1 Å². The Morgan fingerprint density at radius 2 is 1.96 bits per heavy atom. The number of benzene rings is 1. The number of hydrogen-bond donors (Lipinski definition) is 0. The smallest absolute Gasteiger partial charge is 0.264 e. The van der Waals surface area contributed by atoms with Crippen LogP contribution in [-0.4, -0.2) is 24.7 Å². The zero-order chi connectivity index (χ0) is 17.2. The topological polar surface area (TPSA) is 78.3 Å². The van der Waals surface area contributed by atoms with Crippen LogP contribution in [0.1, 0.15) is 18.6 Å². The first-order chi connectivity index (χ1) is 12.2. The fourth-order valence-corrected chi connectivity index (χ4v) is 2.42. The number of rotatable bonds is 5. The average molecular weight is 339 g/mol. The molecule has 3 aromatic heterocycles. The first-order valence-electron chi connectivity index (χ1n) is 7.78. The zero-order valence-electron chi connectivity index (χ0n) is 13.4. The van der Waals surface area contributed by atoms with E-state index in [0.29, 0.717) is 17.5 Å². The van der Waals surface area contributed by atoms with E-state index in [4.69, 9.17) is 9.26 Å². The predicted molar refractivity (Wildman–Crippen MR) is 86.4 cm³/mol. The molecule has 0 atom stereocenters. The standard InChI is InChI=1S/C17H14FN5O2/c1-2-14-20-21-15-8-3-11(9-23(14)15)17-19-16(25-22-17)10-24-13-6-4-12(18)5-7-13/h3-9H,2,10H2,1H3. The molecule has 0 aliphatic carbocycles. The monoisotopic (exact) mass is 339 g/mol. The van der Waals surface area contributed by atoms with Gasteiger partial charge in [-0.2, -0.15) is 4.98 Å². The van der Waals surface area contributed by atoms with E-state index >= 15 is 0 Å². The van der Waals surface area contributed by atoms with Crippen molar-refractivity contribution in [1.29, 1.82) is 0 Å². The van der Waals surface area contributed by atoms with E-state index in [1.54, 1.807) is 12.1 Å². The molecule has 0 unspecified atom stereocenters. The Labute approximate surface area is 142 Å². The number of halogens is 1. The molecule has 0 N–H and O–H groups in total. The Morgan fingerprint density at radius 1 is 1.12 bits per heavy atom. The van der Waals surface area contributed by atoms with E-state index in [1.807, 2.05) is 29.7 Å². The van der Waals surface area contributed by atoms with Crippen molar-refractivity contribution in [3.05, 3.63) is 60.1 Å². The van der Waals surface area contributed by atoms with Crippen LogP contribution >= 0.6 is 0 Å². The van der Waals surface area contributed by atoms with Gasteiger partial charge in [0.05, 0.1) is 0 Å². The van der Waals surface area contributed by atoms with Gasteiger partial charge in [0, 0.05) is 18.2 Å². The van der Waals surface area contributed by atoms with Crippen LogP contribution in [0.4, 0.5) is 4.39 Å². The van der Waals surface area contributed by atoms with Crippen LogP contribution in [-0.2, 0) is 13.0 Å². The van der Waals surface area contributed by atoms with E-state index in [2.05, 4.69) is 20.3 Å². The second-order valence-electron chi connectivity index (χ2n) is 5.37. The first-order valence-corrected chi connectivity index (χ1v) is 7.78. The maximum absolute atomic E-state index is 12.9. The number of ether oxygens (including phenoxy) is 1. The normalized spacial score (nSPS) is 11.1. The molecule has 0 spiro atoms. The average Bonchev–Trinajstić information content (AvgIpc) is 3.27. The lowest BCUT2D eigenvalue weighted by Crippen LogP contribution is -1.96. The molecule has 25 heavy (non-hydrogen) atoms. The lowest BCUT2D eigenvalue weighted by Gasteiger charge is -2.01. The third-order valence-corrected chi connectivity index (χ3v) is 3.69. The summed E-state index contributed by atoms with van der Waals surface area (Å²) in [4.78, 5) is 4.33. The van der Waals surface area contributed by atoms with Crippen LogP contribution in [0.2, 0.25) is 0 Å². The van der Waals surface area contributed by atoms with Gasteiger partial charge in [-0.1, -0.05) is 12.1 Å². The Bertz CT molecular complexity index is 1010. The first kappa shape index (κ1) is 15.3. The zero-order valence-corrected chi connectivity index (χ0v) is 13.4. The van der Waals surface area contributed by atoms with Gasteiger partial charge >= 0.3 is 0 Å². The summed E-state index contributed by atoms with van der Waals surface area (Å²) in [6, 6.07) is 9.45. The van der Waals surface area contributed by atoms with E-state index in [-0.39, 0.29) is 12.4 Å². The number of fused-ring (bicyclic) bond motifs is 1. The molecule has 0 radical (unpaired) electrons. The lowest BCUT2D eigenvalue weighted by atomic mass is 10.2. The van der Waals surface area contributed by atoms with Crippen LogP contribution in [0.3, 0.4) is 0 Å². The minimum Gasteiger partial charge on any atom is -0.484 e. The number of nitrogens with zero attached hydrogens (tertiary/aromatic N) is 5. The summed E-state index contributed by atoms with van der Waals surface area (Å²) in [7, 11) is 0. The highest BCUT2D eigenvalue weighted by Crippen LogP contribution is 2.19. The fourth-order valence-electron chi connectivity index (χ4n) is 2.42. The summed E-state index contributed by atoms with van der Waals surface area (Å²) in [5, 5.41) is 12.2. The number of aromatic nitrogens is 5. The molecule has 1 aromatic carbocycles. The molecule has 0 saturated carbocycles. The highest BCUT2D eigenvalue weighted by Gasteiger charge is 2.12. The molecule has 3 heterocycles. The molecule has 0 amide bonds. The fraction of sp³-hybridized carbons (Fsp3) is 0.176. The van der Waals surface area contributed by atoms with Gasteiger partial charge in [-0.25, -0.2) is 4.39 Å². The molecule has 7 nitrogen and oxygen atoms in total. The van der Waals surface area contributed by atoms with Crippen LogP contribution in [0.25, 0.3) is 17.0 Å². The second kappa shape index (κ2) is 6.31. The Morgan fingerprint density at radius 3 is 2.76 bits per heavy atom. The molecular formula is C17H14FN5O2. The maximum atomic E-state index is 12.9. The summed E-state index contributed by atoms with van der Waals surface area (Å²) in [6.45, 7) is 2.12. The summed E-state index contributed by atoms with van der Waals surface area (Å²) in [5.41, 5.74) is 1.56. The third kappa shape index (κ3) is 3.06. The molecule has 8 heteroatoms. The molecular weight excluding hydrogens is 325 g/mol. The Balaban J connectivity index is 1.53. The van der Waals surface area contributed by atoms with Gasteiger partial charge in [-0.15, -0.1) is 10.2 Å². The van der Waals surface area contributed by atoms with Crippen LogP contribution < -0.4 is 4.74 Å². The van der Waals surface area contributed by atoms with E-state index in [0.717, 1.165) is 23.5 Å². The highest BCUT2D eigenvalue weighted by molar-refractivity contribution is 5.57. The van der Waals surface area contributed by atoms with Gasteiger partial charge in [-0.05, 0) is 36.4 Å². The van der Waals surface area contributed by atoms with Crippen LogP contribution in [0.15, 0.2) is 47.1 Å². The molecule has 0 bridgehead atoms. The van der Waals surface area contributed by atoms with Crippen molar-refractivity contribution in [3.8, 4) is 17.1 Å². The van der Waals surface area contributed by atoms with Crippen molar-refractivity contribution in [2.24, 2.45) is 0 Å². The predicted octanol–water partition coefficient (Wildman–Crippen LogP) is 3.06. The maximum Gasteiger partial charge on any atom is 0.264 e. The van der Waals surface area contributed by atoms with Gasteiger partial charge in [0.1, 0.15) is 17.4 Å². The second-order valence-corrected chi connectivity index (χ2v) is 5.37. The third-order valence-electron chi connectivity index (χ3n) is 3.69. The van der Waals surface area contributed by atoms with Gasteiger partial charge < -0.3 is 9.26 Å². The molecule has 4 rings (SSSR count). The molecule has 126 valence electrons. The van der Waals surface area contributed by atoms with E-state index in [9.17, 15) is 4.39 Å². The van der Waals surface area contributed by atoms with E-state index < -0.39 is 0 Å². The summed E-state index contributed by atoms with van der Waals surface area (Å²) in [5.74, 6) is 1.86. The quantitative estimate of drug-likeness (QED) is 0.556. The molecule has 0 fully saturated rings. The minimum atomic E-state index is -0.316. The molecule has 0 aliphatic heterocycles. The number of hydrogen-bond acceptors (Lipinski definition) is 6. The van der Waals surface area contributed by atoms with Gasteiger partial charge in [-0.3, -0.25) is 4.40 Å².